The Kier molecular flexibility index (Phi) is 2.21. The van der Waals surface area contributed by atoms with E-state index in [1.807, 2.05) is 13.0 Å². The zero-order valence-corrected chi connectivity index (χ0v) is 9.71. The highest BCUT2D eigenvalue weighted by atomic mass is 35.5. The van der Waals surface area contributed by atoms with E-state index in [2.05, 4.69) is 9.97 Å². The molecule has 3 rings (SSSR count). The maximum absolute atomic E-state index is 6.15. The van der Waals surface area contributed by atoms with Crippen LogP contribution in [-0.2, 0) is 12.8 Å². The fraction of sp³-hybridized carbons (Fsp3) is 0.333. The lowest BCUT2D eigenvalue weighted by molar-refractivity contribution is 0.575. The Morgan fingerprint density at radius 2 is 2.19 bits per heavy atom. The molecule has 0 fully saturated rings. The van der Waals surface area contributed by atoms with Crippen molar-refractivity contribution in [3.05, 3.63) is 34.3 Å². The Morgan fingerprint density at radius 1 is 1.31 bits per heavy atom. The molecule has 82 valence electrons. The fourth-order valence-electron chi connectivity index (χ4n) is 2.09. The van der Waals surface area contributed by atoms with Gasteiger partial charge < -0.3 is 4.42 Å². The molecule has 0 radical (unpaired) electrons. The van der Waals surface area contributed by atoms with Crippen LogP contribution >= 0.6 is 11.6 Å². The third kappa shape index (κ3) is 1.43. The lowest BCUT2D eigenvalue weighted by Crippen LogP contribution is -1.97. The van der Waals surface area contributed by atoms with Crippen LogP contribution in [-0.4, -0.2) is 9.97 Å². The summed E-state index contributed by atoms with van der Waals surface area (Å²) in [5.74, 6) is 1.32. The van der Waals surface area contributed by atoms with E-state index in [4.69, 9.17) is 16.0 Å². The second-order valence-electron chi connectivity index (χ2n) is 4.05. The summed E-state index contributed by atoms with van der Waals surface area (Å²) in [4.78, 5) is 8.84. The van der Waals surface area contributed by atoms with E-state index in [1.54, 1.807) is 6.26 Å². The average Bonchev–Trinajstić information content (AvgIpc) is 2.85. The van der Waals surface area contributed by atoms with Gasteiger partial charge in [0.05, 0.1) is 6.26 Å². The number of aryl methyl sites for hydroxylation is 2. The van der Waals surface area contributed by atoms with E-state index in [1.165, 1.54) is 0 Å². The summed E-state index contributed by atoms with van der Waals surface area (Å²) in [5, 5.41) is 0.577. The van der Waals surface area contributed by atoms with E-state index in [0.717, 1.165) is 41.8 Å². The number of aromatic nitrogens is 2. The number of furan rings is 1. The summed E-state index contributed by atoms with van der Waals surface area (Å²) >= 11 is 6.15. The first kappa shape index (κ1) is 9.85. The summed E-state index contributed by atoms with van der Waals surface area (Å²) in [6.45, 7) is 1.98. The molecule has 1 aliphatic carbocycles. The van der Waals surface area contributed by atoms with Crippen LogP contribution in [0.25, 0.3) is 11.6 Å². The van der Waals surface area contributed by atoms with E-state index >= 15 is 0 Å². The number of rotatable bonds is 1. The van der Waals surface area contributed by atoms with Crippen molar-refractivity contribution in [3.63, 3.8) is 0 Å². The molecular weight excluding hydrogens is 224 g/mol. The molecule has 2 aromatic heterocycles. The molecule has 2 aromatic rings. The molecule has 0 aliphatic heterocycles. The Morgan fingerprint density at radius 3 is 2.94 bits per heavy atom. The van der Waals surface area contributed by atoms with Crippen molar-refractivity contribution in [3.8, 4) is 11.6 Å². The van der Waals surface area contributed by atoms with Gasteiger partial charge in [-0.1, -0.05) is 11.6 Å². The quantitative estimate of drug-likeness (QED) is 0.712. The van der Waals surface area contributed by atoms with Gasteiger partial charge in [0.1, 0.15) is 5.15 Å². The van der Waals surface area contributed by atoms with Gasteiger partial charge in [-0.3, -0.25) is 0 Å². The van der Waals surface area contributed by atoms with Gasteiger partial charge in [-0.2, -0.15) is 0 Å². The molecule has 0 unspecified atom stereocenters. The number of hydrogen-bond donors (Lipinski definition) is 0. The molecule has 3 nitrogen and oxygen atoms in total. The van der Waals surface area contributed by atoms with Crippen molar-refractivity contribution in [1.29, 1.82) is 0 Å². The highest BCUT2D eigenvalue weighted by Gasteiger charge is 2.20. The Balaban J connectivity index is 2.17. The van der Waals surface area contributed by atoms with E-state index in [0.29, 0.717) is 11.0 Å². The average molecular weight is 235 g/mol. The monoisotopic (exact) mass is 234 g/mol. The van der Waals surface area contributed by atoms with E-state index < -0.39 is 0 Å². The van der Waals surface area contributed by atoms with Gasteiger partial charge in [-0.25, -0.2) is 9.97 Å². The molecule has 0 N–H and O–H groups in total. The van der Waals surface area contributed by atoms with Crippen LogP contribution in [0.15, 0.2) is 16.7 Å². The predicted octanol–water partition coefficient (Wildman–Crippen LogP) is 3.19. The molecule has 16 heavy (non-hydrogen) atoms. The van der Waals surface area contributed by atoms with Crippen molar-refractivity contribution in [2.24, 2.45) is 0 Å². The highest BCUT2D eigenvalue weighted by Crippen LogP contribution is 2.30. The second-order valence-corrected chi connectivity index (χ2v) is 4.41. The van der Waals surface area contributed by atoms with Crippen molar-refractivity contribution < 1.29 is 4.42 Å². The van der Waals surface area contributed by atoms with Crippen LogP contribution in [0, 0.1) is 6.92 Å². The molecule has 2 heterocycles. The first-order valence-corrected chi connectivity index (χ1v) is 5.73. The fourth-order valence-corrected chi connectivity index (χ4v) is 2.37. The molecule has 0 saturated carbocycles. The first-order valence-electron chi connectivity index (χ1n) is 5.35. The van der Waals surface area contributed by atoms with Crippen molar-refractivity contribution in [2.75, 3.05) is 0 Å². The maximum atomic E-state index is 6.15. The summed E-state index contributed by atoms with van der Waals surface area (Å²) in [7, 11) is 0. The van der Waals surface area contributed by atoms with Crippen molar-refractivity contribution in [1.82, 2.24) is 9.97 Å². The topological polar surface area (TPSA) is 38.9 Å². The lowest BCUT2D eigenvalue weighted by Gasteiger charge is -2.04. The maximum Gasteiger partial charge on any atom is 0.197 e. The summed E-state index contributed by atoms with van der Waals surface area (Å²) in [6.07, 6.45) is 4.75. The minimum absolute atomic E-state index is 0.577. The Hall–Kier alpha value is -1.35. The van der Waals surface area contributed by atoms with Gasteiger partial charge in [-0.15, -0.1) is 0 Å². The van der Waals surface area contributed by atoms with Crippen LogP contribution in [0.3, 0.4) is 0 Å². The SMILES string of the molecule is Cc1ccoc1-c1nc(Cl)c2c(n1)CCC2. The summed E-state index contributed by atoms with van der Waals surface area (Å²) in [6, 6.07) is 1.90. The predicted molar refractivity (Wildman–Crippen MR) is 61.5 cm³/mol. The number of hydrogen-bond acceptors (Lipinski definition) is 3. The smallest absolute Gasteiger partial charge is 0.197 e. The lowest BCUT2D eigenvalue weighted by atomic mass is 10.2. The molecule has 4 heteroatoms. The summed E-state index contributed by atoms with van der Waals surface area (Å²) in [5.41, 5.74) is 3.22. The number of nitrogens with zero attached hydrogens (tertiary/aromatic N) is 2. The van der Waals surface area contributed by atoms with Gasteiger partial charge in [0.15, 0.2) is 11.6 Å². The third-order valence-corrected chi connectivity index (χ3v) is 3.26. The second kappa shape index (κ2) is 3.59. The molecule has 0 atom stereocenters. The zero-order valence-electron chi connectivity index (χ0n) is 8.96. The first-order chi connectivity index (χ1) is 7.75. The standard InChI is InChI=1S/C12H11ClN2O/c1-7-5-6-16-10(7)12-14-9-4-2-3-8(9)11(13)15-12/h5-6H,2-4H2,1H3. The summed E-state index contributed by atoms with van der Waals surface area (Å²) < 4.78 is 5.38. The molecule has 0 bridgehead atoms. The van der Waals surface area contributed by atoms with Gasteiger partial charge in [-0.05, 0) is 37.8 Å². The Bertz CT molecular complexity index is 548. The molecule has 0 spiro atoms. The van der Waals surface area contributed by atoms with Crippen LogP contribution in [0.2, 0.25) is 5.15 Å². The van der Waals surface area contributed by atoms with Crippen molar-refractivity contribution in [2.45, 2.75) is 26.2 Å². The van der Waals surface area contributed by atoms with Crippen molar-refractivity contribution >= 4 is 11.6 Å². The third-order valence-electron chi connectivity index (χ3n) is 2.95. The van der Waals surface area contributed by atoms with Gasteiger partial charge >= 0.3 is 0 Å². The normalized spacial score (nSPS) is 14.1. The number of fused-ring (bicyclic) bond motifs is 1. The molecule has 1 aliphatic rings. The van der Waals surface area contributed by atoms with Crippen LogP contribution in [0.1, 0.15) is 23.2 Å². The van der Waals surface area contributed by atoms with Gasteiger partial charge in [0.25, 0.3) is 0 Å². The molecule has 0 saturated heterocycles. The molecular formula is C12H11ClN2O. The molecule has 0 amide bonds. The van der Waals surface area contributed by atoms with Gasteiger partial charge in [0, 0.05) is 11.3 Å². The highest BCUT2D eigenvalue weighted by molar-refractivity contribution is 6.30. The van der Waals surface area contributed by atoms with E-state index in [-0.39, 0.29) is 0 Å². The minimum Gasteiger partial charge on any atom is -0.461 e. The van der Waals surface area contributed by atoms with Crippen LogP contribution in [0.5, 0.6) is 0 Å². The van der Waals surface area contributed by atoms with E-state index in [9.17, 15) is 0 Å². The number of halogens is 1. The zero-order chi connectivity index (χ0) is 11.1. The minimum atomic E-state index is 0.577. The van der Waals surface area contributed by atoms with Gasteiger partial charge in [0.2, 0.25) is 0 Å². The molecule has 0 aromatic carbocycles. The van der Waals surface area contributed by atoms with Crippen LogP contribution < -0.4 is 0 Å². The largest absolute Gasteiger partial charge is 0.461 e. The Labute approximate surface area is 98.5 Å². The van der Waals surface area contributed by atoms with Crippen LogP contribution in [0.4, 0.5) is 0 Å².